The van der Waals surface area contributed by atoms with E-state index in [1.807, 2.05) is 30.5 Å². The van der Waals surface area contributed by atoms with E-state index < -0.39 is 0 Å². The third-order valence-electron chi connectivity index (χ3n) is 4.33. The number of methoxy groups -OCH3 is 1. The first-order chi connectivity index (χ1) is 12.1. The summed E-state index contributed by atoms with van der Waals surface area (Å²) in [5, 5.41) is 3.07. The first-order valence-electron chi connectivity index (χ1n) is 8.13. The van der Waals surface area contributed by atoms with Crippen LogP contribution in [0.15, 0.2) is 40.0 Å². The molecule has 3 rings (SSSR count). The first-order valence-corrected chi connectivity index (χ1v) is 9.36. The van der Waals surface area contributed by atoms with Gasteiger partial charge in [0.1, 0.15) is 12.4 Å². The molecule has 0 spiro atoms. The van der Waals surface area contributed by atoms with Gasteiger partial charge in [-0.15, -0.1) is 11.8 Å². The molecule has 1 heterocycles. The average molecular weight is 359 g/mol. The summed E-state index contributed by atoms with van der Waals surface area (Å²) in [6.07, 6.45) is 3.54. The number of H-pyrrole nitrogens is 1. The summed E-state index contributed by atoms with van der Waals surface area (Å²) < 4.78 is 5.02. The van der Waals surface area contributed by atoms with Gasteiger partial charge >= 0.3 is 0 Å². The van der Waals surface area contributed by atoms with Crippen LogP contribution in [-0.4, -0.2) is 35.3 Å². The highest BCUT2D eigenvalue weighted by Crippen LogP contribution is 2.35. The SMILES string of the molecule is COCc1nc(C2CC(NC(=O)c3ccccc3SC)C2)cc(=O)[nH]1. The minimum atomic E-state index is -0.168. The Bertz CT molecular complexity index is 815. The van der Waals surface area contributed by atoms with Crippen molar-refractivity contribution in [3.63, 3.8) is 0 Å². The van der Waals surface area contributed by atoms with Crippen molar-refractivity contribution in [3.05, 3.63) is 57.8 Å². The molecule has 0 radical (unpaired) electrons. The Kier molecular flexibility index (Phi) is 5.55. The van der Waals surface area contributed by atoms with Crippen LogP contribution in [0.5, 0.6) is 0 Å². The van der Waals surface area contributed by atoms with E-state index in [1.165, 1.54) is 6.07 Å². The Labute approximate surface area is 150 Å². The lowest BCUT2D eigenvalue weighted by atomic mass is 9.78. The van der Waals surface area contributed by atoms with Gasteiger partial charge in [-0.25, -0.2) is 4.98 Å². The molecule has 0 aliphatic heterocycles. The van der Waals surface area contributed by atoms with Crippen LogP contribution in [0, 0.1) is 0 Å². The van der Waals surface area contributed by atoms with Gasteiger partial charge in [0.15, 0.2) is 0 Å². The summed E-state index contributed by atoms with van der Waals surface area (Å²) in [7, 11) is 1.56. The van der Waals surface area contributed by atoms with E-state index in [4.69, 9.17) is 4.74 Å². The standard InChI is InChI=1S/C18H21N3O3S/c1-24-10-16-20-14(9-17(22)21-16)11-7-12(8-11)19-18(23)13-5-3-4-6-15(13)25-2/h3-6,9,11-12H,7-8,10H2,1-2H3,(H,19,23)(H,20,21,22). The van der Waals surface area contributed by atoms with Gasteiger partial charge in [0.25, 0.3) is 11.5 Å². The van der Waals surface area contributed by atoms with Crippen LogP contribution in [-0.2, 0) is 11.3 Å². The molecule has 2 aromatic rings. The molecule has 1 saturated carbocycles. The van der Waals surface area contributed by atoms with E-state index >= 15 is 0 Å². The number of rotatable bonds is 6. The molecular formula is C18H21N3O3S. The molecule has 25 heavy (non-hydrogen) atoms. The molecule has 132 valence electrons. The van der Waals surface area contributed by atoms with Crippen molar-refractivity contribution in [2.75, 3.05) is 13.4 Å². The lowest BCUT2D eigenvalue weighted by Crippen LogP contribution is -2.44. The molecule has 1 aliphatic carbocycles. The molecular weight excluding hydrogens is 338 g/mol. The lowest BCUT2D eigenvalue weighted by Gasteiger charge is -2.35. The van der Waals surface area contributed by atoms with Gasteiger partial charge in [-0.05, 0) is 31.2 Å². The highest BCUT2D eigenvalue weighted by atomic mass is 32.2. The molecule has 0 unspecified atom stereocenters. The molecule has 0 saturated heterocycles. The number of aromatic amines is 1. The Morgan fingerprint density at radius 3 is 2.88 bits per heavy atom. The quantitative estimate of drug-likeness (QED) is 0.773. The predicted molar refractivity (Wildman–Crippen MR) is 97.0 cm³/mol. The van der Waals surface area contributed by atoms with E-state index in [9.17, 15) is 9.59 Å². The van der Waals surface area contributed by atoms with Crippen molar-refractivity contribution in [3.8, 4) is 0 Å². The third kappa shape index (κ3) is 4.11. The van der Waals surface area contributed by atoms with E-state index in [0.717, 1.165) is 23.4 Å². The largest absolute Gasteiger partial charge is 0.377 e. The second kappa shape index (κ2) is 7.84. The fraction of sp³-hybridized carbons (Fsp3) is 0.389. The van der Waals surface area contributed by atoms with E-state index in [2.05, 4.69) is 15.3 Å². The number of carbonyl (C=O) groups excluding carboxylic acids is 1. The molecule has 1 aliphatic rings. The van der Waals surface area contributed by atoms with Crippen molar-refractivity contribution in [2.45, 2.75) is 36.3 Å². The highest BCUT2D eigenvalue weighted by molar-refractivity contribution is 7.98. The zero-order valence-electron chi connectivity index (χ0n) is 14.2. The lowest BCUT2D eigenvalue weighted by molar-refractivity contribution is 0.0905. The minimum Gasteiger partial charge on any atom is -0.377 e. The van der Waals surface area contributed by atoms with E-state index in [1.54, 1.807) is 18.9 Å². The topological polar surface area (TPSA) is 84.1 Å². The van der Waals surface area contributed by atoms with E-state index in [0.29, 0.717) is 11.4 Å². The van der Waals surface area contributed by atoms with Gasteiger partial charge in [-0.2, -0.15) is 0 Å². The molecule has 1 fully saturated rings. The number of nitrogens with zero attached hydrogens (tertiary/aromatic N) is 1. The molecule has 0 atom stereocenters. The number of nitrogens with one attached hydrogen (secondary N) is 2. The van der Waals surface area contributed by atoms with Crippen molar-refractivity contribution in [1.82, 2.24) is 15.3 Å². The number of hydrogen-bond donors (Lipinski definition) is 2. The summed E-state index contributed by atoms with van der Waals surface area (Å²) in [6.45, 7) is 0.279. The second-order valence-corrected chi connectivity index (χ2v) is 6.94. The second-order valence-electron chi connectivity index (χ2n) is 6.09. The molecule has 1 aromatic heterocycles. The maximum Gasteiger partial charge on any atom is 0.252 e. The molecule has 1 aromatic carbocycles. The number of carbonyl (C=O) groups is 1. The summed E-state index contributed by atoms with van der Waals surface area (Å²) in [4.78, 5) is 32.3. The van der Waals surface area contributed by atoms with Gasteiger partial charge in [0.2, 0.25) is 0 Å². The van der Waals surface area contributed by atoms with Crippen LogP contribution >= 0.6 is 11.8 Å². The van der Waals surface area contributed by atoms with Crippen LogP contribution in [0.4, 0.5) is 0 Å². The molecule has 6 nitrogen and oxygen atoms in total. The van der Waals surface area contributed by atoms with Crippen molar-refractivity contribution in [2.24, 2.45) is 0 Å². The van der Waals surface area contributed by atoms with Gasteiger partial charge in [-0.3, -0.25) is 9.59 Å². The number of amides is 1. The number of benzene rings is 1. The van der Waals surface area contributed by atoms with E-state index in [-0.39, 0.29) is 30.0 Å². The number of hydrogen-bond acceptors (Lipinski definition) is 5. The molecule has 7 heteroatoms. The van der Waals surface area contributed by atoms with Crippen LogP contribution < -0.4 is 10.9 Å². The predicted octanol–water partition coefficient (Wildman–Crippen LogP) is 2.31. The van der Waals surface area contributed by atoms with Crippen LogP contribution in [0.25, 0.3) is 0 Å². The van der Waals surface area contributed by atoms with Crippen molar-refractivity contribution in [1.29, 1.82) is 0 Å². The Hall–Kier alpha value is -2.12. The highest BCUT2D eigenvalue weighted by Gasteiger charge is 2.33. The van der Waals surface area contributed by atoms with Crippen molar-refractivity contribution >= 4 is 17.7 Å². The number of ether oxygens (including phenoxy) is 1. The zero-order chi connectivity index (χ0) is 17.8. The molecule has 1 amide bonds. The van der Waals surface area contributed by atoms with Crippen LogP contribution in [0.3, 0.4) is 0 Å². The zero-order valence-corrected chi connectivity index (χ0v) is 15.1. The monoisotopic (exact) mass is 359 g/mol. The number of aromatic nitrogens is 2. The molecule has 2 N–H and O–H groups in total. The summed E-state index contributed by atoms with van der Waals surface area (Å²) in [6, 6.07) is 9.23. The Balaban J connectivity index is 1.61. The smallest absolute Gasteiger partial charge is 0.252 e. The van der Waals surface area contributed by atoms with Gasteiger partial charge in [0.05, 0.1) is 11.3 Å². The van der Waals surface area contributed by atoms with Gasteiger partial charge in [-0.1, -0.05) is 12.1 Å². The summed E-state index contributed by atoms with van der Waals surface area (Å²) >= 11 is 1.56. The minimum absolute atomic E-state index is 0.0488. The van der Waals surface area contributed by atoms with Gasteiger partial charge in [0, 0.05) is 30.0 Å². The fourth-order valence-corrected chi connectivity index (χ4v) is 3.61. The molecule has 0 bridgehead atoms. The maximum absolute atomic E-state index is 12.5. The fourth-order valence-electron chi connectivity index (χ4n) is 3.02. The summed E-state index contributed by atoms with van der Waals surface area (Å²) in [5.74, 6) is 0.678. The Morgan fingerprint density at radius 1 is 1.40 bits per heavy atom. The van der Waals surface area contributed by atoms with Crippen LogP contribution in [0.1, 0.15) is 40.6 Å². The number of thioether (sulfide) groups is 1. The van der Waals surface area contributed by atoms with Gasteiger partial charge < -0.3 is 15.0 Å². The normalized spacial score (nSPS) is 19.3. The third-order valence-corrected chi connectivity index (χ3v) is 5.13. The first kappa shape index (κ1) is 17.7. The summed E-state index contributed by atoms with van der Waals surface area (Å²) in [5.41, 5.74) is 1.30. The average Bonchev–Trinajstić information content (AvgIpc) is 2.57. The Morgan fingerprint density at radius 2 is 2.16 bits per heavy atom. The van der Waals surface area contributed by atoms with Crippen LogP contribution in [0.2, 0.25) is 0 Å². The van der Waals surface area contributed by atoms with Crippen molar-refractivity contribution < 1.29 is 9.53 Å². The maximum atomic E-state index is 12.5.